The van der Waals surface area contributed by atoms with Crippen molar-refractivity contribution in [2.45, 2.75) is 129 Å². The van der Waals surface area contributed by atoms with E-state index >= 15 is 0 Å². The molecule has 0 heterocycles. The molecule has 0 aliphatic rings. The summed E-state index contributed by atoms with van der Waals surface area (Å²) in [7, 11) is -4.38. The van der Waals surface area contributed by atoms with Crippen LogP contribution in [0.2, 0.25) is 0 Å². The summed E-state index contributed by atoms with van der Waals surface area (Å²) >= 11 is 0. The Morgan fingerprint density at radius 3 is 1.67 bits per heavy atom. The van der Waals surface area contributed by atoms with Crippen molar-refractivity contribution in [2.24, 2.45) is 5.73 Å². The van der Waals surface area contributed by atoms with Crippen molar-refractivity contribution in [3.8, 4) is 0 Å². The summed E-state index contributed by atoms with van der Waals surface area (Å²) in [6.45, 7) is 3.45. The highest BCUT2D eigenvalue weighted by molar-refractivity contribution is 7.47. The highest BCUT2D eigenvalue weighted by Crippen LogP contribution is 2.43. The summed E-state index contributed by atoms with van der Waals surface area (Å²) in [5, 5.41) is 0. The fourth-order valence-electron chi connectivity index (χ4n) is 4.25. The molecular weight excluding hydrogens is 629 g/mol. The number of allylic oxidation sites excluding steroid dienone is 12. The van der Waals surface area contributed by atoms with Crippen LogP contribution in [0.4, 0.5) is 0 Å². The van der Waals surface area contributed by atoms with Crippen LogP contribution >= 0.6 is 7.82 Å². The van der Waals surface area contributed by atoms with E-state index in [1.54, 1.807) is 0 Å². The van der Waals surface area contributed by atoms with Crippen LogP contribution in [-0.2, 0) is 32.7 Å². The van der Waals surface area contributed by atoms with E-state index in [2.05, 4.69) is 74.6 Å². The highest BCUT2D eigenvalue weighted by Gasteiger charge is 2.25. The molecule has 0 aliphatic heterocycles. The molecule has 48 heavy (non-hydrogen) atoms. The van der Waals surface area contributed by atoms with Crippen molar-refractivity contribution in [2.75, 3.05) is 26.4 Å². The Morgan fingerprint density at radius 2 is 1.15 bits per heavy atom. The fourth-order valence-corrected chi connectivity index (χ4v) is 5.01. The van der Waals surface area contributed by atoms with Gasteiger partial charge in [-0.25, -0.2) is 4.57 Å². The summed E-state index contributed by atoms with van der Waals surface area (Å²) in [6, 6.07) is 0. The number of esters is 2. The van der Waals surface area contributed by atoms with Gasteiger partial charge in [-0.15, -0.1) is 0 Å². The van der Waals surface area contributed by atoms with E-state index in [1.807, 2.05) is 12.2 Å². The molecule has 0 saturated heterocycles. The molecule has 0 bridgehead atoms. The smallest absolute Gasteiger partial charge is 0.462 e. The zero-order chi connectivity index (χ0) is 35.4. The van der Waals surface area contributed by atoms with Crippen LogP contribution in [-0.4, -0.2) is 49.3 Å². The molecule has 0 aromatic heterocycles. The summed E-state index contributed by atoms with van der Waals surface area (Å²) < 4.78 is 32.4. The lowest BCUT2D eigenvalue weighted by Gasteiger charge is -2.19. The third-order valence-electron chi connectivity index (χ3n) is 6.87. The quantitative estimate of drug-likeness (QED) is 0.0306. The number of phosphoric acid groups is 1. The number of hydrogen-bond acceptors (Lipinski definition) is 8. The van der Waals surface area contributed by atoms with Gasteiger partial charge in [0.1, 0.15) is 6.61 Å². The first kappa shape index (κ1) is 45.5. The molecule has 0 aromatic rings. The van der Waals surface area contributed by atoms with Crippen molar-refractivity contribution in [3.63, 3.8) is 0 Å². The predicted octanol–water partition coefficient (Wildman–Crippen LogP) is 9.54. The third kappa shape index (κ3) is 33.4. The van der Waals surface area contributed by atoms with E-state index in [9.17, 15) is 19.0 Å². The second-order valence-electron chi connectivity index (χ2n) is 11.4. The minimum Gasteiger partial charge on any atom is -0.462 e. The number of ether oxygens (including phenoxy) is 2. The Labute approximate surface area is 291 Å². The number of phosphoric ester groups is 1. The maximum absolute atomic E-state index is 12.4. The maximum Gasteiger partial charge on any atom is 0.472 e. The highest BCUT2D eigenvalue weighted by atomic mass is 31.2. The number of hydrogen-bond donors (Lipinski definition) is 2. The predicted molar refractivity (Wildman–Crippen MR) is 196 cm³/mol. The molecule has 9 nitrogen and oxygen atoms in total. The van der Waals surface area contributed by atoms with Gasteiger partial charge >= 0.3 is 19.8 Å². The summed E-state index contributed by atoms with van der Waals surface area (Å²) in [6.07, 6.45) is 39.6. The van der Waals surface area contributed by atoms with Gasteiger partial charge in [0.05, 0.1) is 13.2 Å². The molecule has 0 fully saturated rings. The minimum atomic E-state index is -4.38. The molecule has 0 saturated carbocycles. The van der Waals surface area contributed by atoms with E-state index in [0.29, 0.717) is 12.8 Å². The number of carbonyl (C=O) groups is 2. The Morgan fingerprint density at radius 1 is 0.646 bits per heavy atom. The average Bonchev–Trinajstić information content (AvgIpc) is 3.07. The summed E-state index contributed by atoms with van der Waals surface area (Å²) in [4.78, 5) is 34.5. The Balaban J connectivity index is 4.34. The van der Waals surface area contributed by atoms with Crippen molar-refractivity contribution >= 4 is 19.8 Å². The summed E-state index contributed by atoms with van der Waals surface area (Å²) in [5.41, 5.74) is 5.31. The third-order valence-corrected chi connectivity index (χ3v) is 7.85. The fraction of sp³-hybridized carbons (Fsp3) is 0.632. The van der Waals surface area contributed by atoms with E-state index in [1.165, 1.54) is 25.7 Å². The van der Waals surface area contributed by atoms with Gasteiger partial charge in [0, 0.05) is 19.4 Å². The second-order valence-corrected chi connectivity index (χ2v) is 12.8. The van der Waals surface area contributed by atoms with Gasteiger partial charge in [0.15, 0.2) is 6.10 Å². The van der Waals surface area contributed by atoms with Crippen molar-refractivity contribution in [3.05, 3.63) is 72.9 Å². The van der Waals surface area contributed by atoms with E-state index in [0.717, 1.165) is 57.8 Å². The lowest BCUT2D eigenvalue weighted by atomic mass is 10.1. The summed E-state index contributed by atoms with van der Waals surface area (Å²) in [5.74, 6) is -0.940. The molecule has 0 amide bonds. The molecule has 0 spiro atoms. The van der Waals surface area contributed by atoms with Gasteiger partial charge in [-0.2, -0.15) is 0 Å². The van der Waals surface area contributed by atoms with Crippen LogP contribution in [0, 0.1) is 0 Å². The normalized spacial score (nSPS) is 14.3. The lowest BCUT2D eigenvalue weighted by Crippen LogP contribution is -2.29. The van der Waals surface area contributed by atoms with Crippen molar-refractivity contribution in [1.82, 2.24) is 0 Å². The number of carbonyl (C=O) groups excluding carboxylic acids is 2. The largest absolute Gasteiger partial charge is 0.472 e. The minimum absolute atomic E-state index is 0.0410. The van der Waals surface area contributed by atoms with Crippen molar-refractivity contribution in [1.29, 1.82) is 0 Å². The zero-order valence-electron chi connectivity index (χ0n) is 29.7. The molecule has 3 N–H and O–H groups in total. The number of unbranched alkanes of at least 4 members (excludes halogenated alkanes) is 7. The Hall–Kier alpha value is -2.55. The van der Waals surface area contributed by atoms with E-state index in [-0.39, 0.29) is 32.6 Å². The van der Waals surface area contributed by atoms with Crippen LogP contribution in [0.3, 0.4) is 0 Å². The molecule has 0 aromatic carbocycles. The van der Waals surface area contributed by atoms with Gasteiger partial charge < -0.3 is 20.1 Å². The van der Waals surface area contributed by atoms with Gasteiger partial charge in [-0.1, -0.05) is 132 Å². The topological polar surface area (TPSA) is 134 Å². The first-order valence-electron chi connectivity index (χ1n) is 17.9. The van der Waals surface area contributed by atoms with Crippen LogP contribution < -0.4 is 5.73 Å². The van der Waals surface area contributed by atoms with Crippen molar-refractivity contribution < 1.29 is 37.6 Å². The molecule has 0 aliphatic carbocycles. The SMILES string of the molecule is CC/C=C/C/C=C/C/C=C/C/C=C/C/C=C/C/C=C/CCC(=O)OC[C@@H](COP(=O)(O)OCCN)OC(=O)CCCCCCCCCC. The van der Waals surface area contributed by atoms with Gasteiger partial charge in [0.2, 0.25) is 0 Å². The van der Waals surface area contributed by atoms with E-state index < -0.39 is 32.5 Å². The van der Waals surface area contributed by atoms with Gasteiger partial charge in [-0.3, -0.25) is 18.6 Å². The zero-order valence-corrected chi connectivity index (χ0v) is 30.6. The average molecular weight is 694 g/mol. The molecule has 274 valence electrons. The monoisotopic (exact) mass is 693 g/mol. The standard InChI is InChI=1S/C38H64NO8P/c1-3-5-7-9-11-13-14-15-16-17-18-19-20-21-22-23-25-26-28-30-37(40)44-34-36(35-46-48(42,43)45-33-32-39)47-38(41)31-29-27-24-12-10-8-6-4-2/h5,7,11,13,15-16,18-19,21-22,25-26,36H,3-4,6,8-10,12,14,17,20,23-24,27-35,39H2,1-2H3,(H,42,43)/b7-5+,13-11+,16-15+,19-18+,22-21+,26-25+/t36-/m0/s1. The van der Waals surface area contributed by atoms with Crippen LogP contribution in [0.25, 0.3) is 0 Å². The first-order valence-corrected chi connectivity index (χ1v) is 19.4. The molecule has 10 heteroatoms. The van der Waals surface area contributed by atoms with E-state index in [4.69, 9.17) is 24.3 Å². The maximum atomic E-state index is 12.4. The first-order chi connectivity index (χ1) is 23.3. The second kappa shape index (κ2) is 34.3. The lowest BCUT2D eigenvalue weighted by molar-refractivity contribution is -0.161. The Kier molecular flexibility index (Phi) is 32.5. The molecular formula is C38H64NO8P. The van der Waals surface area contributed by atoms with Crippen LogP contribution in [0.1, 0.15) is 123 Å². The molecule has 2 atom stereocenters. The van der Waals surface area contributed by atoms with Crippen LogP contribution in [0.15, 0.2) is 72.9 Å². The Bertz CT molecular complexity index is 1020. The van der Waals surface area contributed by atoms with Gasteiger partial charge in [-0.05, 0) is 51.4 Å². The van der Waals surface area contributed by atoms with Crippen LogP contribution in [0.5, 0.6) is 0 Å². The molecule has 0 rings (SSSR count). The molecule has 0 radical (unpaired) electrons. The van der Waals surface area contributed by atoms with Gasteiger partial charge in [0.25, 0.3) is 0 Å². The number of rotatable bonds is 32. The number of nitrogens with two attached hydrogens (primary N) is 1. The molecule has 1 unspecified atom stereocenters.